The van der Waals surface area contributed by atoms with E-state index in [1.165, 1.54) is 39.5 Å². The highest BCUT2D eigenvalue weighted by Gasteiger charge is 2.20. The quantitative estimate of drug-likeness (QED) is 0.131. The van der Waals surface area contributed by atoms with E-state index in [2.05, 4.69) is 55.7 Å². The highest BCUT2D eigenvalue weighted by molar-refractivity contribution is 6.29. The first kappa shape index (κ1) is 45.4. The van der Waals surface area contributed by atoms with E-state index in [1.807, 2.05) is 55.0 Å². The summed E-state index contributed by atoms with van der Waals surface area (Å²) < 4.78 is 18.9. The predicted octanol–water partition coefficient (Wildman–Crippen LogP) is 5.51. The number of ether oxygens (including phenoxy) is 3. The van der Waals surface area contributed by atoms with Gasteiger partial charge in [0.05, 0.1) is 56.5 Å². The summed E-state index contributed by atoms with van der Waals surface area (Å²) in [6.07, 6.45) is 7.21. The number of carboxylic acid groups (broad SMARTS) is 1. The molecule has 328 valence electrons. The Morgan fingerprint density at radius 1 is 0.603 bits per heavy atom. The van der Waals surface area contributed by atoms with Crippen molar-refractivity contribution in [2.24, 2.45) is 0 Å². The third-order valence-corrected chi connectivity index (χ3v) is 9.59. The number of halogens is 2. The van der Waals surface area contributed by atoms with Crippen molar-refractivity contribution in [3.63, 3.8) is 0 Å². The molecule has 7 aromatic rings. The van der Waals surface area contributed by atoms with Crippen molar-refractivity contribution in [2.45, 2.75) is 27.7 Å². The van der Waals surface area contributed by atoms with Crippen LogP contribution in [0.4, 0.5) is 17.5 Å². The number of amides is 2. The number of methoxy groups -OCH3 is 3. The van der Waals surface area contributed by atoms with Crippen LogP contribution in [0.2, 0.25) is 10.3 Å². The summed E-state index contributed by atoms with van der Waals surface area (Å²) in [5.74, 6) is 0.352. The zero-order chi connectivity index (χ0) is 45.4. The fourth-order valence-electron chi connectivity index (χ4n) is 6.35. The van der Waals surface area contributed by atoms with Gasteiger partial charge in [-0.25, -0.2) is 34.7 Å². The minimum Gasteiger partial charge on any atom is -0.480 e. The van der Waals surface area contributed by atoms with Gasteiger partial charge in [-0.3, -0.25) is 9.59 Å². The Balaban J connectivity index is 0.000000170. The number of nitrogens with one attached hydrogen (secondary N) is 3. The highest BCUT2D eigenvalue weighted by atomic mass is 35.5. The SMILES string of the molecule is COc1nc(Cl)ccc1C(=O)Nc1cn2cc(C)nc2c(C)n1.COc1nc(Cl)ccc1C(=O)O.COc1nc(N2CCNCC2)ccc1C(=O)Nc1cn2cc(C)nc2c(C)n1. The molecule has 1 aliphatic heterocycles. The molecule has 20 nitrogen and oxygen atoms in total. The number of fused-ring (bicyclic) bond motifs is 2. The molecule has 2 amide bonds. The largest absolute Gasteiger partial charge is 0.480 e. The van der Waals surface area contributed by atoms with Gasteiger partial charge < -0.3 is 49.0 Å². The number of imidazole rings is 2. The Bertz CT molecular complexity index is 2810. The zero-order valence-electron chi connectivity index (χ0n) is 35.2. The molecule has 0 unspecified atom stereocenters. The summed E-state index contributed by atoms with van der Waals surface area (Å²) in [6, 6.07) is 9.41. The monoisotopic (exact) mass is 899 g/mol. The molecule has 22 heteroatoms. The van der Waals surface area contributed by atoms with Crippen LogP contribution in [0.25, 0.3) is 11.3 Å². The maximum absolute atomic E-state index is 12.8. The number of carbonyl (C=O) groups is 3. The van der Waals surface area contributed by atoms with E-state index in [0.717, 1.165) is 66.1 Å². The summed E-state index contributed by atoms with van der Waals surface area (Å²) in [4.78, 5) is 67.7. The van der Waals surface area contributed by atoms with Crippen LogP contribution in [0.15, 0.2) is 61.2 Å². The van der Waals surface area contributed by atoms with Gasteiger partial charge in [0, 0.05) is 38.6 Å². The standard InChI is InChI=1S/C19H23N7O2.C15H14ClN5O2.C7H6ClNO3/c1-12-10-26-11-15(22-13(2)17(26)21-12)23-18(27)14-4-5-16(24-19(14)28-3)25-8-6-20-7-9-25;1-8-6-21-7-12(18-9(2)13(21)17-8)20-14(22)10-4-5-11(16)19-15(10)23-3;1-12-6-4(7(10)11)2-3-5(8)9-6/h4-5,10-11,20H,6-9H2,1-3H3,(H,23,27);4-7H,1-3H3,(H,20,22);2-3H,1H3,(H,10,11). The number of aromatic carboxylic acids is 1. The van der Waals surface area contributed by atoms with Crippen LogP contribution in [-0.2, 0) is 0 Å². The molecule has 8 rings (SSSR count). The van der Waals surface area contributed by atoms with Crippen molar-refractivity contribution in [3.05, 3.63) is 111 Å². The maximum Gasteiger partial charge on any atom is 0.341 e. The Morgan fingerprint density at radius 3 is 1.49 bits per heavy atom. The molecular weight excluding hydrogens is 857 g/mol. The number of piperazine rings is 1. The number of anilines is 3. The van der Waals surface area contributed by atoms with E-state index in [9.17, 15) is 14.4 Å². The fourth-order valence-corrected chi connectivity index (χ4v) is 6.63. The number of carboxylic acids is 1. The van der Waals surface area contributed by atoms with Crippen molar-refractivity contribution < 1.29 is 33.7 Å². The molecule has 1 fully saturated rings. The van der Waals surface area contributed by atoms with E-state index in [-0.39, 0.29) is 45.0 Å². The molecule has 0 radical (unpaired) electrons. The molecule has 7 aromatic heterocycles. The van der Waals surface area contributed by atoms with Gasteiger partial charge in [0.1, 0.15) is 44.5 Å². The number of pyridine rings is 3. The fraction of sp³-hybridized carbons (Fsp3) is 0.268. The van der Waals surface area contributed by atoms with Crippen molar-refractivity contribution >= 4 is 69.7 Å². The summed E-state index contributed by atoms with van der Waals surface area (Å²) in [5, 5.41) is 18.0. The topological polar surface area (TPSA) is 238 Å². The van der Waals surface area contributed by atoms with Gasteiger partial charge in [-0.1, -0.05) is 23.2 Å². The van der Waals surface area contributed by atoms with E-state index < -0.39 is 5.97 Å². The van der Waals surface area contributed by atoms with Crippen molar-refractivity contribution in [1.29, 1.82) is 0 Å². The molecule has 0 spiro atoms. The second-order valence-corrected chi connectivity index (χ2v) is 14.5. The minimum atomic E-state index is -1.09. The van der Waals surface area contributed by atoms with Gasteiger partial charge in [0.15, 0.2) is 11.3 Å². The molecule has 8 heterocycles. The lowest BCUT2D eigenvalue weighted by atomic mass is 10.2. The van der Waals surface area contributed by atoms with Crippen LogP contribution in [0.1, 0.15) is 53.8 Å². The molecule has 1 aliphatic rings. The van der Waals surface area contributed by atoms with E-state index in [4.69, 9.17) is 42.5 Å². The number of hydrogen-bond donors (Lipinski definition) is 4. The van der Waals surface area contributed by atoms with Gasteiger partial charge in [0.2, 0.25) is 17.6 Å². The summed E-state index contributed by atoms with van der Waals surface area (Å²) in [6.45, 7) is 11.1. The first-order chi connectivity index (χ1) is 30.2. The zero-order valence-corrected chi connectivity index (χ0v) is 36.7. The molecule has 0 atom stereocenters. The van der Waals surface area contributed by atoms with Crippen LogP contribution in [0.3, 0.4) is 0 Å². The van der Waals surface area contributed by atoms with Gasteiger partial charge in [-0.05, 0) is 64.1 Å². The molecule has 0 bridgehead atoms. The lowest BCUT2D eigenvalue weighted by molar-refractivity contribution is 0.0692. The normalized spacial score (nSPS) is 12.1. The smallest absolute Gasteiger partial charge is 0.341 e. The van der Waals surface area contributed by atoms with Crippen LogP contribution >= 0.6 is 23.2 Å². The molecule has 0 saturated carbocycles. The van der Waals surface area contributed by atoms with Gasteiger partial charge in [0.25, 0.3) is 11.8 Å². The molecule has 0 aromatic carbocycles. The van der Waals surface area contributed by atoms with E-state index in [1.54, 1.807) is 24.5 Å². The Labute approximate surface area is 370 Å². The van der Waals surface area contributed by atoms with Crippen LogP contribution in [0.5, 0.6) is 17.6 Å². The Hall–Kier alpha value is -7.16. The predicted molar refractivity (Wildman–Crippen MR) is 235 cm³/mol. The van der Waals surface area contributed by atoms with Crippen molar-refractivity contribution in [2.75, 3.05) is 63.0 Å². The minimum absolute atomic E-state index is 0.00176. The first-order valence-corrected chi connectivity index (χ1v) is 19.9. The molecule has 63 heavy (non-hydrogen) atoms. The van der Waals surface area contributed by atoms with E-state index in [0.29, 0.717) is 23.1 Å². The van der Waals surface area contributed by atoms with Crippen molar-refractivity contribution in [3.8, 4) is 17.6 Å². The number of aromatic nitrogens is 9. The van der Waals surface area contributed by atoms with Crippen LogP contribution in [-0.4, -0.2) is 114 Å². The van der Waals surface area contributed by atoms with Crippen molar-refractivity contribution in [1.82, 2.24) is 49.0 Å². The molecule has 4 N–H and O–H groups in total. The maximum atomic E-state index is 12.8. The van der Waals surface area contributed by atoms with E-state index >= 15 is 0 Å². The number of rotatable bonds is 9. The average Bonchev–Trinajstić information content (AvgIpc) is 3.85. The number of aryl methyl sites for hydroxylation is 4. The van der Waals surface area contributed by atoms with Crippen LogP contribution in [0, 0.1) is 27.7 Å². The average molecular weight is 901 g/mol. The van der Waals surface area contributed by atoms with Crippen LogP contribution < -0.4 is 35.1 Å². The summed E-state index contributed by atoms with van der Waals surface area (Å²) in [5.41, 5.74) is 5.40. The third kappa shape index (κ3) is 11.0. The molecule has 1 saturated heterocycles. The van der Waals surface area contributed by atoms with Gasteiger partial charge in [-0.2, -0.15) is 4.98 Å². The highest BCUT2D eigenvalue weighted by Crippen LogP contribution is 2.24. The van der Waals surface area contributed by atoms with Gasteiger partial charge >= 0.3 is 5.97 Å². The molecule has 0 aliphatic carbocycles. The van der Waals surface area contributed by atoms with Gasteiger partial charge in [-0.15, -0.1) is 0 Å². The Kier molecular flexibility index (Phi) is 14.5. The molecular formula is C41H43Cl2N13O7. The lowest BCUT2D eigenvalue weighted by Crippen LogP contribution is -2.43. The lowest BCUT2D eigenvalue weighted by Gasteiger charge is -2.28. The first-order valence-electron chi connectivity index (χ1n) is 19.1. The second kappa shape index (κ2) is 20.1. The number of nitrogens with zero attached hydrogens (tertiary/aromatic N) is 10. The Morgan fingerprint density at radius 2 is 1.03 bits per heavy atom. The number of carbonyl (C=O) groups excluding carboxylic acids is 2. The summed E-state index contributed by atoms with van der Waals surface area (Å²) in [7, 11) is 4.28. The third-order valence-electron chi connectivity index (χ3n) is 9.17. The summed E-state index contributed by atoms with van der Waals surface area (Å²) >= 11 is 11.3. The second-order valence-electron chi connectivity index (χ2n) is 13.7. The number of hydrogen-bond acceptors (Lipinski definition) is 15.